The molecule has 4 aromatic heterocycles. The number of hydrogen-bond donors (Lipinski definition) is 5. The Kier molecular flexibility index (Phi) is 14.1. The molecule has 1 aliphatic carbocycles. The van der Waals surface area contributed by atoms with E-state index >= 15 is 0 Å². The van der Waals surface area contributed by atoms with Crippen LogP contribution in [0.15, 0.2) is 40.9 Å². The molecule has 0 bridgehead atoms. The van der Waals surface area contributed by atoms with Crippen LogP contribution in [0.25, 0.3) is 33.1 Å². The number of piperidine rings is 1. The van der Waals surface area contributed by atoms with Crippen molar-refractivity contribution in [2.45, 2.75) is 84.3 Å². The van der Waals surface area contributed by atoms with Crippen LogP contribution in [0.4, 0.5) is 17.3 Å². The largest absolute Gasteiger partial charge is 0.496 e. The fourth-order valence-corrected chi connectivity index (χ4v) is 8.85. The van der Waals surface area contributed by atoms with Gasteiger partial charge in [0.15, 0.2) is 0 Å². The van der Waals surface area contributed by atoms with Crippen molar-refractivity contribution in [1.82, 2.24) is 45.4 Å². The predicted molar refractivity (Wildman–Crippen MR) is 251 cm³/mol. The van der Waals surface area contributed by atoms with E-state index in [2.05, 4.69) is 50.5 Å². The van der Waals surface area contributed by atoms with Crippen LogP contribution in [-0.4, -0.2) is 124 Å². The summed E-state index contributed by atoms with van der Waals surface area (Å²) in [6, 6.07) is 10.2. The highest BCUT2D eigenvalue weighted by molar-refractivity contribution is 6.25. The second-order valence-corrected chi connectivity index (χ2v) is 17.1. The van der Waals surface area contributed by atoms with Crippen LogP contribution in [-0.2, 0) is 36.9 Å². The fraction of sp³-hybridized carbons (Fsp3) is 0.458. The highest BCUT2D eigenvalue weighted by atomic mass is 16.5. The molecule has 1 saturated heterocycles. The Hall–Kier alpha value is -6.74. The summed E-state index contributed by atoms with van der Waals surface area (Å²) in [6.45, 7) is 11.1. The van der Waals surface area contributed by atoms with Crippen molar-refractivity contribution < 1.29 is 42.6 Å². The van der Waals surface area contributed by atoms with Gasteiger partial charge in [-0.05, 0) is 83.7 Å². The quantitative estimate of drug-likeness (QED) is 0.0363. The normalized spacial score (nSPS) is 16.1. The number of nitrogens with one attached hydrogen (secondary N) is 5. The number of carbonyl (C=O) groups is 4. The van der Waals surface area contributed by atoms with Gasteiger partial charge in [-0.2, -0.15) is 5.10 Å². The number of fused-ring (bicyclic) bond motifs is 4. The molecular weight excluding hydrogens is 875 g/mol. The molecule has 4 amide bonds. The SMILES string of the molecule is CCn1nc(C2CC2)cc1Nc1nc(CNCCCOCCOCCOCCCNc2cccc3c2C(=O)N(C2CCC(=O)NC2=O)C3=O)nc2[nH]c3cc(-c4c(C)noc4C)c(OC)cc3c12. The highest BCUT2D eigenvalue weighted by Crippen LogP contribution is 2.43. The maximum atomic E-state index is 13.3. The summed E-state index contributed by atoms with van der Waals surface area (Å²) in [5.41, 5.74) is 6.24. The van der Waals surface area contributed by atoms with Gasteiger partial charge in [0, 0.05) is 66.9 Å². The topological polar surface area (TPSA) is 242 Å². The summed E-state index contributed by atoms with van der Waals surface area (Å²) in [5, 5.41) is 23.4. The fourth-order valence-electron chi connectivity index (χ4n) is 8.85. The zero-order valence-electron chi connectivity index (χ0n) is 38.8. The Morgan fingerprint density at radius 2 is 1.63 bits per heavy atom. The van der Waals surface area contributed by atoms with E-state index < -0.39 is 29.7 Å². The summed E-state index contributed by atoms with van der Waals surface area (Å²) >= 11 is 0. The number of methoxy groups -OCH3 is 1. The van der Waals surface area contributed by atoms with Gasteiger partial charge in [-0.15, -0.1) is 0 Å². The number of ether oxygens (including phenoxy) is 4. The summed E-state index contributed by atoms with van der Waals surface area (Å²) in [6.07, 6.45) is 3.94. The molecule has 20 nitrogen and oxygen atoms in total. The smallest absolute Gasteiger partial charge is 0.264 e. The van der Waals surface area contributed by atoms with Crippen LogP contribution >= 0.6 is 0 Å². The van der Waals surface area contributed by atoms with Crippen molar-refractivity contribution in [2.75, 3.05) is 70.5 Å². The lowest BCUT2D eigenvalue weighted by Crippen LogP contribution is -2.54. The molecule has 9 rings (SSSR count). The first-order valence-corrected chi connectivity index (χ1v) is 23.3. The van der Waals surface area contributed by atoms with Crippen LogP contribution in [0, 0.1) is 13.8 Å². The molecule has 1 unspecified atom stereocenters. The molecule has 6 heterocycles. The zero-order chi connectivity index (χ0) is 47.3. The van der Waals surface area contributed by atoms with E-state index in [1.165, 1.54) is 0 Å². The Morgan fingerprint density at radius 3 is 2.34 bits per heavy atom. The van der Waals surface area contributed by atoms with Crippen LogP contribution in [0.1, 0.15) is 95.1 Å². The lowest BCUT2D eigenvalue weighted by atomic mass is 10.0. The summed E-state index contributed by atoms with van der Waals surface area (Å²) in [5.74, 6) is 1.99. The first-order valence-electron chi connectivity index (χ1n) is 23.3. The minimum absolute atomic E-state index is 0.0676. The number of hydrogen-bond acceptors (Lipinski definition) is 16. The number of aromatic nitrogens is 6. The number of nitrogens with zero attached hydrogens (tertiary/aromatic N) is 6. The van der Waals surface area contributed by atoms with E-state index in [4.69, 9.17) is 38.5 Å². The van der Waals surface area contributed by atoms with Gasteiger partial charge >= 0.3 is 0 Å². The maximum absolute atomic E-state index is 13.3. The molecule has 2 aromatic carbocycles. The standard InChI is InChI=1S/C48H57N11O9/c1-5-58-39(25-34(56-58)29-11-12-29)54-45-43-31-24-37(64-4)32(41-27(2)57-68-28(41)3)23-35(31)51-44(43)52-38(53-45)26-49-15-7-17-65-19-21-67-22-20-66-18-8-16-50-33-10-6-9-30-42(33)48(63)59(47(30)62)36-13-14-40(60)55-46(36)61/h6,9-10,23-25,29,36,49-50H,5,7-8,11-22,26H2,1-4H3,(H,55,60,61)(H2,51,52,53,54). The Balaban J connectivity index is 0.701. The molecule has 20 heteroatoms. The number of benzene rings is 2. The molecular formula is C48H57N11O9. The van der Waals surface area contributed by atoms with Crippen molar-refractivity contribution in [2.24, 2.45) is 0 Å². The van der Waals surface area contributed by atoms with Gasteiger partial charge in [-0.1, -0.05) is 11.2 Å². The summed E-state index contributed by atoms with van der Waals surface area (Å²) in [4.78, 5) is 64.9. The van der Waals surface area contributed by atoms with E-state index in [0.717, 1.165) is 75.3 Å². The minimum atomic E-state index is -1.01. The molecule has 3 aliphatic rings. The van der Waals surface area contributed by atoms with Gasteiger partial charge in [0.1, 0.15) is 40.7 Å². The predicted octanol–water partition coefficient (Wildman–Crippen LogP) is 5.66. The van der Waals surface area contributed by atoms with E-state index in [-0.39, 0.29) is 24.0 Å². The van der Waals surface area contributed by atoms with E-state index in [1.54, 1.807) is 25.3 Å². The molecule has 0 radical (unpaired) electrons. The van der Waals surface area contributed by atoms with Crippen molar-refractivity contribution >= 4 is 62.9 Å². The molecule has 6 aromatic rings. The van der Waals surface area contributed by atoms with Gasteiger partial charge in [0.25, 0.3) is 11.8 Å². The Labute approximate surface area is 392 Å². The van der Waals surface area contributed by atoms with Gasteiger partial charge in [-0.25, -0.2) is 14.6 Å². The van der Waals surface area contributed by atoms with Crippen LogP contribution in [0.3, 0.4) is 0 Å². The van der Waals surface area contributed by atoms with Crippen molar-refractivity contribution in [3.8, 4) is 16.9 Å². The number of carbonyl (C=O) groups excluding carboxylic acids is 4. The Morgan fingerprint density at radius 1 is 0.868 bits per heavy atom. The molecule has 2 fully saturated rings. The number of imide groups is 2. The first kappa shape index (κ1) is 46.4. The van der Waals surface area contributed by atoms with E-state index in [9.17, 15) is 19.2 Å². The lowest BCUT2D eigenvalue weighted by molar-refractivity contribution is -0.136. The third-order valence-corrected chi connectivity index (χ3v) is 12.4. The van der Waals surface area contributed by atoms with Gasteiger partial charge in [-0.3, -0.25) is 29.4 Å². The number of aromatic amines is 1. The third kappa shape index (κ3) is 9.80. The van der Waals surface area contributed by atoms with Crippen molar-refractivity contribution in [1.29, 1.82) is 0 Å². The van der Waals surface area contributed by atoms with Gasteiger partial charge in [0.2, 0.25) is 11.8 Å². The number of H-pyrrole nitrogens is 1. The molecule has 5 N–H and O–H groups in total. The van der Waals surface area contributed by atoms with Gasteiger partial charge in [0.05, 0.1) is 73.5 Å². The van der Waals surface area contributed by atoms with Crippen molar-refractivity contribution in [3.63, 3.8) is 0 Å². The van der Waals surface area contributed by atoms with Crippen molar-refractivity contribution in [3.05, 3.63) is 70.5 Å². The first-order chi connectivity index (χ1) is 33.1. The number of amides is 4. The number of aryl methyl sites for hydroxylation is 3. The maximum Gasteiger partial charge on any atom is 0.264 e. The molecule has 358 valence electrons. The molecule has 68 heavy (non-hydrogen) atoms. The molecule has 1 saturated carbocycles. The highest BCUT2D eigenvalue weighted by Gasteiger charge is 2.45. The monoisotopic (exact) mass is 931 g/mol. The van der Waals surface area contributed by atoms with Crippen LogP contribution in [0.5, 0.6) is 5.75 Å². The second kappa shape index (κ2) is 20.6. The zero-order valence-corrected chi connectivity index (χ0v) is 38.8. The molecule has 2 aliphatic heterocycles. The average Bonchev–Trinajstić information content (AvgIpc) is 3.78. The summed E-state index contributed by atoms with van der Waals surface area (Å²) < 4.78 is 30.6. The lowest BCUT2D eigenvalue weighted by Gasteiger charge is -2.27. The van der Waals surface area contributed by atoms with Gasteiger partial charge < -0.3 is 44.4 Å². The second-order valence-electron chi connectivity index (χ2n) is 17.1. The molecule has 0 spiro atoms. The molecule has 1 atom stereocenters. The summed E-state index contributed by atoms with van der Waals surface area (Å²) in [7, 11) is 1.66. The number of rotatable bonds is 24. The van der Waals surface area contributed by atoms with Crippen LogP contribution in [0.2, 0.25) is 0 Å². The Bertz CT molecular complexity index is 2830. The van der Waals surface area contributed by atoms with E-state index in [0.29, 0.717) is 106 Å². The third-order valence-electron chi connectivity index (χ3n) is 12.4. The average molecular weight is 932 g/mol. The number of anilines is 3. The van der Waals surface area contributed by atoms with Crippen LogP contribution < -0.4 is 26.0 Å². The van der Waals surface area contributed by atoms with E-state index in [1.807, 2.05) is 24.6 Å². The minimum Gasteiger partial charge on any atom is -0.496 e.